The fourth-order valence-electron chi connectivity index (χ4n) is 1.53. The van der Waals surface area contributed by atoms with Crippen LogP contribution in [0.15, 0.2) is 47.4 Å². The van der Waals surface area contributed by atoms with Crippen molar-refractivity contribution in [2.24, 2.45) is 0 Å². The summed E-state index contributed by atoms with van der Waals surface area (Å²) in [5.74, 6) is 0.808. The van der Waals surface area contributed by atoms with Crippen LogP contribution in [0.2, 0.25) is 0 Å². The summed E-state index contributed by atoms with van der Waals surface area (Å²) in [5.41, 5.74) is 1.79. The minimum absolute atomic E-state index is 0.0217. The summed E-state index contributed by atoms with van der Waals surface area (Å²) < 4.78 is 6.96. The lowest BCUT2D eigenvalue weighted by Crippen LogP contribution is -2.16. The predicted octanol–water partition coefficient (Wildman–Crippen LogP) is 2.91. The van der Waals surface area contributed by atoms with E-state index < -0.39 is 0 Å². The van der Waals surface area contributed by atoms with Crippen LogP contribution in [0, 0.1) is 6.92 Å². The van der Waals surface area contributed by atoms with E-state index in [1.165, 1.54) is 0 Å². The van der Waals surface area contributed by atoms with Crippen LogP contribution in [-0.2, 0) is 0 Å². The molecule has 0 fully saturated rings. The van der Waals surface area contributed by atoms with E-state index in [0.29, 0.717) is 8.50 Å². The highest BCUT2D eigenvalue weighted by Gasteiger charge is 2.00. The van der Waals surface area contributed by atoms with Crippen molar-refractivity contribution >= 4 is 17.4 Å². The van der Waals surface area contributed by atoms with Gasteiger partial charge < -0.3 is 4.52 Å². The summed E-state index contributed by atoms with van der Waals surface area (Å²) >= 11 is 0. The Morgan fingerprint density at radius 2 is 1.94 bits per heavy atom. The second kappa shape index (κ2) is 5.44. The van der Waals surface area contributed by atoms with Crippen molar-refractivity contribution in [1.82, 2.24) is 4.57 Å². The molecule has 0 bridgehead atoms. The monoisotopic (exact) mass is 265 g/mol. The Hall–Kier alpha value is -1.17. The molecule has 2 rings (SSSR count). The summed E-state index contributed by atoms with van der Waals surface area (Å²) in [6.07, 6.45) is 1.78. The maximum atomic E-state index is 11.8. The van der Waals surface area contributed by atoms with E-state index in [0.717, 1.165) is 17.0 Å². The molecule has 2 aromatic rings. The van der Waals surface area contributed by atoms with Crippen LogP contribution < -0.4 is 10.1 Å². The second-order valence-electron chi connectivity index (χ2n) is 3.63. The summed E-state index contributed by atoms with van der Waals surface area (Å²) in [7, 11) is 2.87. The smallest absolute Gasteiger partial charge is 0.255 e. The van der Waals surface area contributed by atoms with Gasteiger partial charge in [0.15, 0.2) is 0 Å². The van der Waals surface area contributed by atoms with Crippen LogP contribution in [0.5, 0.6) is 5.75 Å². The number of nitrogens with zero attached hydrogens (tertiary/aromatic N) is 1. The molecule has 0 aliphatic heterocycles. The molecule has 88 valence electrons. The number of hydrogen-bond acceptors (Lipinski definition) is 2. The van der Waals surface area contributed by atoms with Gasteiger partial charge in [-0.3, -0.25) is 9.36 Å². The van der Waals surface area contributed by atoms with E-state index in [-0.39, 0.29) is 5.56 Å². The van der Waals surface area contributed by atoms with Gasteiger partial charge in [0, 0.05) is 18.0 Å². The van der Waals surface area contributed by atoms with Gasteiger partial charge in [0.2, 0.25) is 0 Å². The third kappa shape index (κ3) is 2.94. The maximum absolute atomic E-state index is 11.8. The second-order valence-corrected chi connectivity index (χ2v) is 4.77. The largest absolute Gasteiger partial charge is 0.473 e. The highest BCUT2D eigenvalue weighted by atomic mass is 32.0. The van der Waals surface area contributed by atoms with E-state index in [2.05, 4.69) is 8.93 Å². The van der Waals surface area contributed by atoms with E-state index in [1.807, 2.05) is 37.3 Å². The molecule has 0 radical (unpaired) electrons. The van der Waals surface area contributed by atoms with Crippen molar-refractivity contribution in [2.75, 3.05) is 0 Å². The molecule has 0 saturated carbocycles. The average Bonchev–Trinajstić information content (AvgIpc) is 2.31. The predicted molar refractivity (Wildman–Crippen MR) is 75.4 cm³/mol. The van der Waals surface area contributed by atoms with Crippen LogP contribution in [0.1, 0.15) is 5.56 Å². The first-order valence-corrected chi connectivity index (χ1v) is 7.84. The first kappa shape index (κ1) is 12.3. The number of aromatic nitrogens is 1. The van der Waals surface area contributed by atoms with E-state index >= 15 is 0 Å². The van der Waals surface area contributed by atoms with Crippen molar-refractivity contribution in [2.45, 2.75) is 6.92 Å². The third-order valence-electron chi connectivity index (χ3n) is 2.37. The molecule has 5 heteroatoms. The average molecular weight is 265 g/mol. The molecule has 3 nitrogen and oxygen atoms in total. The van der Waals surface area contributed by atoms with Crippen molar-refractivity contribution in [3.8, 4) is 11.4 Å². The zero-order valence-electron chi connectivity index (χ0n) is 9.38. The van der Waals surface area contributed by atoms with Gasteiger partial charge in [-0.05, 0) is 42.8 Å². The van der Waals surface area contributed by atoms with Gasteiger partial charge >= 0.3 is 0 Å². The van der Waals surface area contributed by atoms with Gasteiger partial charge in [0.25, 0.3) is 5.56 Å². The standard InChI is InChI=1S/C12H13NO2P2/c1-9-6-7-13(12(14)8-9)10-2-4-11(5-3-10)15-17-16/h2-8,17H,16H2,1H3. The number of benzene rings is 1. The van der Waals surface area contributed by atoms with Crippen LogP contribution in [0.25, 0.3) is 5.69 Å². The summed E-state index contributed by atoms with van der Waals surface area (Å²) in [6, 6.07) is 11.0. The Morgan fingerprint density at radius 3 is 2.53 bits per heavy atom. The normalized spacial score (nSPS) is 10.9. The summed E-state index contributed by atoms with van der Waals surface area (Å²) in [5, 5.41) is 0. The zero-order chi connectivity index (χ0) is 12.3. The van der Waals surface area contributed by atoms with Gasteiger partial charge in [-0.2, -0.15) is 0 Å². The van der Waals surface area contributed by atoms with Gasteiger partial charge in [0.1, 0.15) is 5.75 Å². The Bertz CT molecular complexity index is 563. The van der Waals surface area contributed by atoms with Crippen LogP contribution in [0.4, 0.5) is 0 Å². The van der Waals surface area contributed by atoms with Crippen molar-refractivity contribution in [1.29, 1.82) is 0 Å². The van der Waals surface area contributed by atoms with Gasteiger partial charge in [-0.25, -0.2) is 0 Å². The molecular weight excluding hydrogens is 252 g/mol. The van der Waals surface area contributed by atoms with E-state index in [9.17, 15) is 4.79 Å². The quantitative estimate of drug-likeness (QED) is 0.799. The first-order valence-electron chi connectivity index (χ1n) is 5.13. The molecule has 17 heavy (non-hydrogen) atoms. The maximum Gasteiger partial charge on any atom is 0.255 e. The molecule has 0 aliphatic carbocycles. The minimum Gasteiger partial charge on any atom is -0.473 e. The van der Waals surface area contributed by atoms with E-state index in [1.54, 1.807) is 16.8 Å². The first-order chi connectivity index (χ1) is 8.20. The third-order valence-corrected chi connectivity index (χ3v) is 3.07. The van der Waals surface area contributed by atoms with Crippen LogP contribution >= 0.6 is 17.4 Å². The summed E-state index contributed by atoms with van der Waals surface area (Å²) in [6.45, 7) is 1.91. The van der Waals surface area contributed by atoms with Crippen molar-refractivity contribution < 1.29 is 4.52 Å². The molecule has 0 amide bonds. The Morgan fingerprint density at radius 1 is 1.24 bits per heavy atom. The molecular formula is C12H13NO2P2. The number of rotatable bonds is 3. The fourth-order valence-corrected chi connectivity index (χ4v) is 2.21. The molecule has 1 heterocycles. The van der Waals surface area contributed by atoms with E-state index in [4.69, 9.17) is 4.52 Å². The topological polar surface area (TPSA) is 31.2 Å². The molecule has 0 N–H and O–H groups in total. The SMILES string of the molecule is Cc1ccn(-c2ccc(OPP)cc2)c(=O)c1. The molecule has 2 atom stereocenters. The lowest BCUT2D eigenvalue weighted by atomic mass is 10.2. The Kier molecular flexibility index (Phi) is 3.93. The summed E-state index contributed by atoms with van der Waals surface area (Å²) in [4.78, 5) is 11.8. The molecule has 0 saturated heterocycles. The van der Waals surface area contributed by atoms with Gasteiger partial charge in [-0.1, -0.05) is 8.93 Å². The van der Waals surface area contributed by atoms with Crippen molar-refractivity contribution in [3.05, 3.63) is 58.5 Å². The van der Waals surface area contributed by atoms with Crippen LogP contribution in [-0.4, -0.2) is 4.57 Å². The molecule has 1 aromatic heterocycles. The molecule has 0 spiro atoms. The Balaban J connectivity index is 2.36. The van der Waals surface area contributed by atoms with Crippen LogP contribution in [0.3, 0.4) is 0 Å². The highest BCUT2D eigenvalue weighted by molar-refractivity contribution is 8.00. The molecule has 2 unspecified atom stereocenters. The highest BCUT2D eigenvalue weighted by Crippen LogP contribution is 2.26. The lowest BCUT2D eigenvalue weighted by Gasteiger charge is -2.07. The number of pyridine rings is 1. The number of aryl methyl sites for hydroxylation is 1. The van der Waals surface area contributed by atoms with Gasteiger partial charge in [-0.15, -0.1) is 0 Å². The molecule has 0 aliphatic rings. The lowest BCUT2D eigenvalue weighted by molar-refractivity contribution is 0.642. The fraction of sp³-hybridized carbons (Fsp3) is 0.0833. The Labute approximate surface area is 104 Å². The minimum atomic E-state index is -0.0217. The number of hydrogen-bond donors (Lipinski definition) is 0. The molecule has 1 aromatic carbocycles. The van der Waals surface area contributed by atoms with Crippen molar-refractivity contribution in [3.63, 3.8) is 0 Å². The van der Waals surface area contributed by atoms with Gasteiger partial charge in [0.05, 0.1) is 8.50 Å². The zero-order valence-corrected chi connectivity index (χ0v) is 11.5.